The van der Waals surface area contributed by atoms with E-state index in [4.69, 9.17) is 104 Å². The summed E-state index contributed by atoms with van der Waals surface area (Å²) in [7, 11) is 3.12. The van der Waals surface area contributed by atoms with E-state index in [1.165, 1.54) is 0 Å². The topological polar surface area (TPSA) is 304 Å². The predicted molar refractivity (Wildman–Crippen MR) is 302 cm³/mol. The first-order valence-electron chi connectivity index (χ1n) is 29.4. The monoisotopic (exact) mass is 1240 g/mol. The molecule has 1 aromatic rings. The molecular weight excluding hydrogens is 1140 g/mol. The molecule has 1 aromatic carbocycles. The fourth-order valence-electron chi connectivity index (χ4n) is 6.81. The number of carbonyl (C=O) groups is 5. The molecule has 1 N–H and O–H groups in total. The van der Waals surface area contributed by atoms with Crippen molar-refractivity contribution in [2.75, 3.05) is 265 Å². The molecule has 29 nitrogen and oxygen atoms in total. The van der Waals surface area contributed by atoms with Gasteiger partial charge < -0.3 is 110 Å². The Morgan fingerprint density at radius 1 is 0.372 bits per heavy atom. The van der Waals surface area contributed by atoms with Crippen LogP contribution in [-0.4, -0.2) is 300 Å². The van der Waals surface area contributed by atoms with Crippen LogP contribution < -0.4 is 5.32 Å². The van der Waals surface area contributed by atoms with Crippen LogP contribution in [0.5, 0.6) is 0 Å². The van der Waals surface area contributed by atoms with Gasteiger partial charge in [-0.25, -0.2) is 4.79 Å². The molecule has 498 valence electrons. The second-order valence-electron chi connectivity index (χ2n) is 17.8. The van der Waals surface area contributed by atoms with E-state index in [1.807, 2.05) is 0 Å². The second-order valence-corrected chi connectivity index (χ2v) is 17.8. The van der Waals surface area contributed by atoms with Crippen molar-refractivity contribution in [3.8, 4) is 0 Å². The zero-order valence-corrected chi connectivity index (χ0v) is 50.8. The Morgan fingerprint density at radius 2 is 0.628 bits per heavy atom. The van der Waals surface area contributed by atoms with Gasteiger partial charge >= 0.3 is 11.9 Å². The number of nitrogens with zero attached hydrogens (tertiary/aromatic N) is 1. The molecule has 3 amide bonds. The Balaban J connectivity index is 1.12. The standard InChI is InChI=1S/C57H98N2O27/c1-65-57(66-2)51-8-6-50(7-9-51)56(64)58-12-13-67-14-15-68-16-17-69-18-19-70-20-21-71-22-23-72-24-25-73-26-27-74-28-29-75-30-31-76-32-33-77-34-35-78-36-37-79-38-39-80-40-41-81-42-43-82-44-45-83-46-47-84-48-49-85-54(62)4-3-5-55(63)86-59-52(60)10-11-53(59)61/h6-9,57H,3-5,10-49H2,1-2H3,(H,58,64). The molecule has 0 atom stereocenters. The van der Waals surface area contributed by atoms with E-state index < -0.39 is 30.0 Å². The molecule has 0 unspecified atom stereocenters. The summed E-state index contributed by atoms with van der Waals surface area (Å²) < 4.78 is 114. The van der Waals surface area contributed by atoms with Crippen molar-refractivity contribution in [1.29, 1.82) is 0 Å². The molecular formula is C57H98N2O27. The molecule has 0 spiro atoms. The maximum atomic E-state index is 12.3. The van der Waals surface area contributed by atoms with Gasteiger partial charge in [-0.15, -0.1) is 5.06 Å². The highest BCUT2D eigenvalue weighted by atomic mass is 16.7. The number of benzene rings is 1. The van der Waals surface area contributed by atoms with Crippen molar-refractivity contribution in [2.24, 2.45) is 0 Å². The van der Waals surface area contributed by atoms with Gasteiger partial charge in [-0.05, 0) is 18.6 Å². The van der Waals surface area contributed by atoms with E-state index in [-0.39, 0.29) is 51.2 Å². The Hall–Kier alpha value is -4.03. The summed E-state index contributed by atoms with van der Waals surface area (Å²) in [4.78, 5) is 63.5. The number of amides is 3. The SMILES string of the molecule is COC(OC)c1ccc(C(=O)NCCOCCOCCOCCOCCOCCOCCOCCOCCOCCOCCOCCOCCOCCOCCOCCOCCOCCOCCOC(=O)CCCC(=O)ON2C(=O)CCC2=O)cc1. The van der Waals surface area contributed by atoms with Gasteiger partial charge in [0.1, 0.15) is 6.61 Å². The smallest absolute Gasteiger partial charge is 0.333 e. The molecule has 1 fully saturated rings. The van der Waals surface area contributed by atoms with Crippen LogP contribution in [0.25, 0.3) is 0 Å². The van der Waals surface area contributed by atoms with Crippen LogP contribution in [0.1, 0.15) is 54.3 Å². The number of esters is 1. The minimum Gasteiger partial charge on any atom is -0.463 e. The van der Waals surface area contributed by atoms with Gasteiger partial charge in [0.2, 0.25) is 0 Å². The Bertz CT molecular complexity index is 1740. The normalized spacial score (nSPS) is 12.5. The average molecular weight is 1240 g/mol. The Kier molecular flexibility index (Phi) is 54.4. The number of methoxy groups -OCH3 is 2. The van der Waals surface area contributed by atoms with Crippen LogP contribution in [0, 0.1) is 0 Å². The molecule has 0 saturated carbocycles. The predicted octanol–water partition coefficient (Wildman–Crippen LogP) is 1.33. The third kappa shape index (κ3) is 48.0. The van der Waals surface area contributed by atoms with Crippen molar-refractivity contribution < 1.29 is 128 Å². The van der Waals surface area contributed by atoms with Crippen LogP contribution in [0.3, 0.4) is 0 Å². The van der Waals surface area contributed by atoms with Crippen molar-refractivity contribution in [1.82, 2.24) is 10.4 Å². The first kappa shape index (κ1) is 78.1. The van der Waals surface area contributed by atoms with Crippen molar-refractivity contribution in [3.05, 3.63) is 35.4 Å². The van der Waals surface area contributed by atoms with Crippen LogP contribution in [-0.2, 0) is 123 Å². The molecule has 0 bridgehead atoms. The lowest BCUT2D eigenvalue weighted by molar-refractivity contribution is -0.197. The summed E-state index contributed by atoms with van der Waals surface area (Å²) in [6.07, 6.45) is -0.413. The lowest BCUT2D eigenvalue weighted by Gasteiger charge is -2.14. The largest absolute Gasteiger partial charge is 0.463 e. The summed E-state index contributed by atoms with van der Waals surface area (Å²) in [6, 6.07) is 7.04. The Morgan fingerprint density at radius 3 is 0.907 bits per heavy atom. The minimum atomic E-state index is -0.760. The van der Waals surface area contributed by atoms with Crippen molar-refractivity contribution in [2.45, 2.75) is 38.4 Å². The molecule has 1 aliphatic rings. The second kappa shape index (κ2) is 59.9. The van der Waals surface area contributed by atoms with Gasteiger partial charge in [-0.2, -0.15) is 0 Å². The first-order chi connectivity index (χ1) is 42.3. The fraction of sp³-hybridized carbons (Fsp3) is 0.807. The van der Waals surface area contributed by atoms with E-state index in [0.717, 1.165) is 5.56 Å². The van der Waals surface area contributed by atoms with Crippen LogP contribution in [0.2, 0.25) is 0 Å². The molecule has 29 heteroatoms. The number of hydrogen-bond donors (Lipinski definition) is 1. The lowest BCUT2D eigenvalue weighted by atomic mass is 10.1. The minimum absolute atomic E-state index is 0.0133. The third-order valence-electron chi connectivity index (χ3n) is 11.2. The van der Waals surface area contributed by atoms with Gasteiger partial charge in [0, 0.05) is 57.6 Å². The molecule has 1 heterocycles. The lowest BCUT2D eigenvalue weighted by Crippen LogP contribution is -2.32. The van der Waals surface area contributed by atoms with E-state index in [1.54, 1.807) is 38.5 Å². The number of rotatable bonds is 66. The van der Waals surface area contributed by atoms with E-state index >= 15 is 0 Å². The quantitative estimate of drug-likeness (QED) is 0.0416. The highest BCUT2D eigenvalue weighted by Crippen LogP contribution is 2.18. The number of hydroxylamine groups is 2. The molecule has 1 aliphatic heterocycles. The molecule has 1 saturated heterocycles. The van der Waals surface area contributed by atoms with Gasteiger partial charge in [0.15, 0.2) is 6.29 Å². The number of hydrogen-bond acceptors (Lipinski definition) is 27. The van der Waals surface area contributed by atoms with Gasteiger partial charge in [-0.1, -0.05) is 12.1 Å². The molecule has 2 rings (SSSR count). The highest BCUT2D eigenvalue weighted by molar-refractivity contribution is 6.01. The fourth-order valence-corrected chi connectivity index (χ4v) is 6.81. The highest BCUT2D eigenvalue weighted by Gasteiger charge is 2.32. The number of imide groups is 1. The van der Waals surface area contributed by atoms with E-state index in [2.05, 4.69) is 5.32 Å². The molecule has 86 heavy (non-hydrogen) atoms. The third-order valence-corrected chi connectivity index (χ3v) is 11.2. The number of nitrogens with one attached hydrogen (secondary N) is 1. The summed E-state index contributed by atoms with van der Waals surface area (Å²) >= 11 is 0. The van der Waals surface area contributed by atoms with Crippen LogP contribution in [0.15, 0.2) is 24.3 Å². The number of ether oxygens (including phenoxy) is 21. The van der Waals surface area contributed by atoms with E-state index in [0.29, 0.717) is 248 Å². The summed E-state index contributed by atoms with van der Waals surface area (Å²) in [5.74, 6) is -2.54. The maximum absolute atomic E-state index is 12.3. The van der Waals surface area contributed by atoms with Crippen LogP contribution >= 0.6 is 0 Å². The van der Waals surface area contributed by atoms with Crippen molar-refractivity contribution >= 4 is 29.7 Å². The Labute approximate surface area is 506 Å². The molecule has 0 radical (unpaired) electrons. The maximum Gasteiger partial charge on any atom is 0.333 e. The summed E-state index contributed by atoms with van der Waals surface area (Å²) in [5, 5.41) is 3.30. The van der Waals surface area contributed by atoms with Gasteiger partial charge in [0.25, 0.3) is 17.7 Å². The molecule has 0 aliphatic carbocycles. The van der Waals surface area contributed by atoms with Gasteiger partial charge in [0.05, 0.1) is 238 Å². The summed E-state index contributed by atoms with van der Waals surface area (Å²) in [6.45, 7) is 16.2. The number of carbonyl (C=O) groups excluding carboxylic acids is 5. The average Bonchev–Trinajstić information content (AvgIpc) is 3.99. The van der Waals surface area contributed by atoms with Gasteiger partial charge in [-0.3, -0.25) is 19.2 Å². The van der Waals surface area contributed by atoms with E-state index in [9.17, 15) is 24.0 Å². The van der Waals surface area contributed by atoms with Crippen LogP contribution in [0.4, 0.5) is 0 Å². The zero-order chi connectivity index (χ0) is 61.7. The summed E-state index contributed by atoms with van der Waals surface area (Å²) in [5.41, 5.74) is 1.38. The molecule has 0 aromatic heterocycles. The zero-order valence-electron chi connectivity index (χ0n) is 50.8. The first-order valence-corrected chi connectivity index (χ1v) is 29.4. The van der Waals surface area contributed by atoms with Crippen molar-refractivity contribution in [3.63, 3.8) is 0 Å².